The number of aromatic nitrogens is 3. The molecule has 0 amide bonds. The first kappa shape index (κ1) is 19.9. The van der Waals surface area contributed by atoms with Crippen molar-refractivity contribution in [3.8, 4) is 0 Å². The average Bonchev–Trinajstić information content (AvgIpc) is 3.19. The predicted molar refractivity (Wildman–Crippen MR) is 123 cm³/mol. The van der Waals surface area contributed by atoms with Gasteiger partial charge in [-0.15, -0.1) is 10.2 Å². The molecule has 4 rings (SSSR count). The second kappa shape index (κ2) is 9.39. The zero-order chi connectivity index (χ0) is 20.8. The maximum absolute atomic E-state index is 4.76. The van der Waals surface area contributed by atoms with Crippen LogP contribution in [-0.2, 0) is 6.42 Å². The molecule has 154 valence electrons. The fraction of sp³-hybridized carbons (Fsp3) is 0.292. The predicted octanol–water partition coefficient (Wildman–Crippen LogP) is 4.13. The molecule has 0 saturated carbocycles. The lowest BCUT2D eigenvalue weighted by Gasteiger charge is -2.18. The molecule has 0 aliphatic rings. The molecule has 6 nitrogen and oxygen atoms in total. The molecule has 6 heteroatoms. The van der Waals surface area contributed by atoms with Gasteiger partial charge in [-0.3, -0.25) is 9.39 Å². The Morgan fingerprint density at radius 1 is 1.03 bits per heavy atom. The number of nitrogens with zero attached hydrogens (tertiary/aromatic N) is 4. The lowest BCUT2D eigenvalue weighted by Crippen LogP contribution is -2.38. The van der Waals surface area contributed by atoms with Crippen LogP contribution in [0.2, 0.25) is 0 Å². The number of hydrogen-bond donors (Lipinski definition) is 2. The van der Waals surface area contributed by atoms with Gasteiger partial charge in [-0.05, 0) is 54.8 Å². The molecule has 0 bridgehead atoms. The highest BCUT2D eigenvalue weighted by Crippen LogP contribution is 2.20. The summed E-state index contributed by atoms with van der Waals surface area (Å²) < 4.78 is 2.04. The summed E-state index contributed by atoms with van der Waals surface area (Å²) in [5.74, 6) is 1.81. The molecule has 0 spiro atoms. The van der Waals surface area contributed by atoms with Crippen LogP contribution in [0.3, 0.4) is 0 Å². The Balaban J connectivity index is 1.37. The maximum atomic E-state index is 4.76. The van der Waals surface area contributed by atoms with E-state index in [2.05, 4.69) is 77.1 Å². The van der Waals surface area contributed by atoms with E-state index >= 15 is 0 Å². The van der Waals surface area contributed by atoms with Gasteiger partial charge in [0.25, 0.3) is 0 Å². The van der Waals surface area contributed by atoms with Crippen LogP contribution in [0.5, 0.6) is 0 Å². The van der Waals surface area contributed by atoms with Crippen LogP contribution in [0.25, 0.3) is 16.4 Å². The number of benzene rings is 2. The van der Waals surface area contributed by atoms with Crippen LogP contribution < -0.4 is 10.6 Å². The Bertz CT molecular complexity index is 1150. The van der Waals surface area contributed by atoms with Gasteiger partial charge >= 0.3 is 0 Å². The first-order chi connectivity index (χ1) is 14.7. The minimum atomic E-state index is 0.160. The summed E-state index contributed by atoms with van der Waals surface area (Å²) in [4.78, 5) is 4.76. The van der Waals surface area contributed by atoms with E-state index < -0.39 is 0 Å². The van der Waals surface area contributed by atoms with Crippen LogP contribution >= 0.6 is 0 Å². The summed E-state index contributed by atoms with van der Waals surface area (Å²) in [6.07, 6.45) is 3.76. The summed E-state index contributed by atoms with van der Waals surface area (Å²) in [6.45, 7) is 5.80. The van der Waals surface area contributed by atoms with E-state index in [1.165, 1.54) is 16.3 Å². The first-order valence-corrected chi connectivity index (χ1v) is 10.6. The third-order valence-electron chi connectivity index (χ3n) is 5.18. The monoisotopic (exact) mass is 400 g/mol. The third-order valence-corrected chi connectivity index (χ3v) is 5.18. The molecule has 0 saturated heterocycles. The second-order valence-electron chi connectivity index (χ2n) is 7.38. The van der Waals surface area contributed by atoms with Gasteiger partial charge in [0.2, 0.25) is 0 Å². The lowest BCUT2D eigenvalue weighted by molar-refractivity contribution is 0.682. The van der Waals surface area contributed by atoms with Gasteiger partial charge < -0.3 is 10.6 Å². The normalized spacial score (nSPS) is 12.9. The van der Waals surface area contributed by atoms with Gasteiger partial charge in [0, 0.05) is 25.7 Å². The van der Waals surface area contributed by atoms with E-state index in [0.717, 1.165) is 43.4 Å². The number of hydrogen-bond acceptors (Lipinski definition) is 3. The van der Waals surface area contributed by atoms with Gasteiger partial charge in [-0.1, -0.05) is 42.5 Å². The topological polar surface area (TPSA) is 66.6 Å². The van der Waals surface area contributed by atoms with E-state index in [9.17, 15) is 0 Å². The Labute approximate surface area is 177 Å². The Hall–Kier alpha value is -3.41. The molecule has 0 aliphatic carbocycles. The number of guanidine groups is 1. The van der Waals surface area contributed by atoms with Crippen molar-refractivity contribution in [1.82, 2.24) is 25.2 Å². The zero-order valence-electron chi connectivity index (χ0n) is 17.5. The highest BCUT2D eigenvalue weighted by Gasteiger charge is 2.09. The number of aliphatic imine (C=N–C) groups is 1. The largest absolute Gasteiger partial charge is 0.357 e. The molecule has 0 fully saturated rings. The SMILES string of the molecule is CCNC(=NCCCc1nnc2ccccn12)NC(C)c1ccc2ccccc2c1. The van der Waals surface area contributed by atoms with Crippen LogP contribution in [0, 0.1) is 0 Å². The van der Waals surface area contributed by atoms with Crippen LogP contribution in [0.15, 0.2) is 71.9 Å². The summed E-state index contributed by atoms with van der Waals surface area (Å²) >= 11 is 0. The third kappa shape index (κ3) is 4.59. The van der Waals surface area contributed by atoms with Gasteiger partial charge in [0.05, 0.1) is 6.04 Å². The average molecular weight is 401 g/mol. The van der Waals surface area contributed by atoms with Crippen LogP contribution in [0.4, 0.5) is 0 Å². The van der Waals surface area contributed by atoms with E-state index in [4.69, 9.17) is 4.99 Å². The number of fused-ring (bicyclic) bond motifs is 2. The van der Waals surface area contributed by atoms with Crippen molar-refractivity contribution >= 4 is 22.4 Å². The van der Waals surface area contributed by atoms with Crippen molar-refractivity contribution in [3.63, 3.8) is 0 Å². The Kier molecular flexibility index (Phi) is 6.23. The molecule has 2 aromatic heterocycles. The quantitative estimate of drug-likeness (QED) is 0.278. The van der Waals surface area contributed by atoms with Gasteiger partial charge in [-0.25, -0.2) is 0 Å². The van der Waals surface area contributed by atoms with Crippen molar-refractivity contribution in [2.75, 3.05) is 13.1 Å². The Morgan fingerprint density at radius 2 is 1.87 bits per heavy atom. The number of aryl methyl sites for hydroxylation is 1. The highest BCUT2D eigenvalue weighted by molar-refractivity contribution is 5.84. The summed E-state index contributed by atoms with van der Waals surface area (Å²) in [5.41, 5.74) is 2.13. The van der Waals surface area contributed by atoms with Gasteiger partial charge in [0.1, 0.15) is 5.82 Å². The van der Waals surface area contributed by atoms with Gasteiger partial charge in [0.15, 0.2) is 11.6 Å². The summed E-state index contributed by atoms with van der Waals surface area (Å²) in [6, 6.07) is 21.1. The highest BCUT2D eigenvalue weighted by atomic mass is 15.2. The Morgan fingerprint density at radius 3 is 2.73 bits per heavy atom. The van der Waals surface area contributed by atoms with Crippen LogP contribution in [0.1, 0.15) is 37.7 Å². The number of pyridine rings is 1. The maximum Gasteiger partial charge on any atom is 0.191 e. The fourth-order valence-electron chi connectivity index (χ4n) is 3.58. The number of rotatable bonds is 7. The molecular weight excluding hydrogens is 372 g/mol. The molecule has 4 aromatic rings. The molecule has 1 unspecified atom stereocenters. The standard InChI is InChI=1S/C24H28N6/c1-3-25-24(26-15-8-12-23-29-28-22-11-6-7-16-30(22)23)27-18(2)20-14-13-19-9-4-5-10-21(19)17-20/h4-7,9-11,13-14,16-18H,3,8,12,15H2,1-2H3,(H2,25,26,27). The van der Waals surface area contributed by atoms with Crippen molar-refractivity contribution in [2.24, 2.45) is 4.99 Å². The smallest absolute Gasteiger partial charge is 0.191 e. The fourth-order valence-corrected chi connectivity index (χ4v) is 3.58. The van der Waals surface area contributed by atoms with Gasteiger partial charge in [-0.2, -0.15) is 0 Å². The minimum absolute atomic E-state index is 0.160. The number of nitrogens with one attached hydrogen (secondary N) is 2. The minimum Gasteiger partial charge on any atom is -0.357 e. The zero-order valence-corrected chi connectivity index (χ0v) is 17.5. The van der Waals surface area contributed by atoms with E-state index in [0.29, 0.717) is 0 Å². The van der Waals surface area contributed by atoms with Crippen LogP contribution in [-0.4, -0.2) is 33.6 Å². The molecule has 30 heavy (non-hydrogen) atoms. The van der Waals surface area contributed by atoms with Crippen molar-refractivity contribution < 1.29 is 0 Å². The summed E-state index contributed by atoms with van der Waals surface area (Å²) in [7, 11) is 0. The lowest BCUT2D eigenvalue weighted by atomic mass is 10.0. The molecule has 0 aliphatic heterocycles. The van der Waals surface area contributed by atoms with Crippen molar-refractivity contribution in [1.29, 1.82) is 0 Å². The molecule has 2 aromatic carbocycles. The van der Waals surface area contributed by atoms with E-state index in [1.807, 2.05) is 28.8 Å². The molecule has 2 heterocycles. The molecule has 2 N–H and O–H groups in total. The van der Waals surface area contributed by atoms with Crippen molar-refractivity contribution in [3.05, 3.63) is 78.2 Å². The molecule has 0 radical (unpaired) electrons. The molecule has 1 atom stereocenters. The van der Waals surface area contributed by atoms with E-state index in [1.54, 1.807) is 0 Å². The first-order valence-electron chi connectivity index (χ1n) is 10.6. The van der Waals surface area contributed by atoms with E-state index in [-0.39, 0.29) is 6.04 Å². The second-order valence-corrected chi connectivity index (χ2v) is 7.38. The van der Waals surface area contributed by atoms with Crippen molar-refractivity contribution in [2.45, 2.75) is 32.7 Å². The summed E-state index contributed by atoms with van der Waals surface area (Å²) in [5, 5.41) is 17.9. The molecular formula is C24H28N6.